The maximum atomic E-state index is 12.9. The quantitative estimate of drug-likeness (QED) is 0.299. The van der Waals surface area contributed by atoms with Gasteiger partial charge in [0.2, 0.25) is 5.91 Å². The Labute approximate surface area is 169 Å². The van der Waals surface area contributed by atoms with Crippen LogP contribution in [0, 0.1) is 11.7 Å². The first kappa shape index (κ1) is 22.1. The van der Waals surface area contributed by atoms with Gasteiger partial charge in [-0.3, -0.25) is 14.6 Å². The Balaban J connectivity index is 0.00000338. The van der Waals surface area contributed by atoms with Gasteiger partial charge in [-0.15, -0.1) is 24.0 Å². The molecule has 7 nitrogen and oxygen atoms in total. The highest BCUT2D eigenvalue weighted by atomic mass is 127. The monoisotopic (exact) mass is 478 g/mol. The molecular weight excluding hydrogens is 454 g/mol. The largest absolute Gasteiger partial charge is 0.469 e. The average molecular weight is 478 g/mol. The Morgan fingerprint density at radius 1 is 1.27 bits per heavy atom. The first-order chi connectivity index (χ1) is 12.0. The number of piperidine rings is 1. The van der Waals surface area contributed by atoms with E-state index in [1.54, 1.807) is 7.05 Å². The standard InChI is InChI=1S/C17H23FN4O3.HI/c1-19-17(22-9-7-12(8-10-22)16(24)25-2)20-11-15(23)21-14-5-3-13(18)4-6-14;/h3-6,12H,7-11H2,1-2H3,(H,19,20)(H,21,23);1H. The molecule has 0 saturated carbocycles. The molecular formula is C17H24FIN4O3. The molecule has 0 bridgehead atoms. The summed E-state index contributed by atoms with van der Waals surface area (Å²) in [5.41, 5.74) is 0.530. The van der Waals surface area contributed by atoms with Crippen LogP contribution in [-0.4, -0.2) is 56.5 Å². The summed E-state index contributed by atoms with van der Waals surface area (Å²) in [7, 11) is 3.04. The molecule has 0 aliphatic carbocycles. The third-order valence-corrected chi connectivity index (χ3v) is 4.08. The Bertz CT molecular complexity index is 631. The molecule has 2 N–H and O–H groups in total. The van der Waals surface area contributed by atoms with Crippen LogP contribution in [0.5, 0.6) is 0 Å². The van der Waals surface area contributed by atoms with Crippen LogP contribution >= 0.6 is 24.0 Å². The summed E-state index contributed by atoms with van der Waals surface area (Å²) in [5.74, 6) is -0.260. The highest BCUT2D eigenvalue weighted by Crippen LogP contribution is 2.18. The van der Waals surface area contributed by atoms with Crippen molar-refractivity contribution in [3.8, 4) is 0 Å². The van der Waals surface area contributed by atoms with Crippen LogP contribution in [0.2, 0.25) is 0 Å². The zero-order valence-electron chi connectivity index (χ0n) is 14.8. The van der Waals surface area contributed by atoms with Gasteiger partial charge in [-0.05, 0) is 37.1 Å². The van der Waals surface area contributed by atoms with Gasteiger partial charge in [-0.25, -0.2) is 4.39 Å². The molecule has 9 heteroatoms. The third-order valence-electron chi connectivity index (χ3n) is 4.08. The summed E-state index contributed by atoms with van der Waals surface area (Å²) in [4.78, 5) is 29.7. The smallest absolute Gasteiger partial charge is 0.308 e. The zero-order valence-corrected chi connectivity index (χ0v) is 17.2. The molecule has 1 aromatic rings. The van der Waals surface area contributed by atoms with Crippen LogP contribution in [0.4, 0.5) is 10.1 Å². The average Bonchev–Trinajstić information content (AvgIpc) is 2.64. The number of halogens is 2. The molecule has 1 fully saturated rings. The van der Waals surface area contributed by atoms with Gasteiger partial charge < -0.3 is 20.3 Å². The number of hydrogen-bond acceptors (Lipinski definition) is 4. The second kappa shape index (κ2) is 10.9. The lowest BCUT2D eigenvalue weighted by Gasteiger charge is -2.33. The van der Waals surface area contributed by atoms with Gasteiger partial charge in [0.15, 0.2) is 5.96 Å². The third kappa shape index (κ3) is 6.43. The number of carbonyl (C=O) groups excluding carboxylic acids is 2. The number of anilines is 1. The minimum Gasteiger partial charge on any atom is -0.469 e. The number of nitrogens with one attached hydrogen (secondary N) is 2. The molecule has 1 aliphatic rings. The topological polar surface area (TPSA) is 83.0 Å². The van der Waals surface area contributed by atoms with E-state index in [1.165, 1.54) is 31.4 Å². The highest BCUT2D eigenvalue weighted by Gasteiger charge is 2.27. The van der Waals surface area contributed by atoms with Crippen molar-refractivity contribution >= 4 is 47.5 Å². The predicted molar refractivity (Wildman–Crippen MR) is 108 cm³/mol. The first-order valence-corrected chi connectivity index (χ1v) is 8.12. The molecule has 1 heterocycles. The number of methoxy groups -OCH3 is 1. The summed E-state index contributed by atoms with van der Waals surface area (Å²) in [6, 6.07) is 5.57. The summed E-state index contributed by atoms with van der Waals surface area (Å²) < 4.78 is 17.6. The van der Waals surface area contributed by atoms with Gasteiger partial charge in [0.1, 0.15) is 5.82 Å². The number of aliphatic imine (C=N–C) groups is 1. The molecule has 1 amide bonds. The lowest BCUT2D eigenvalue weighted by Crippen LogP contribution is -2.48. The van der Waals surface area contributed by atoms with E-state index in [4.69, 9.17) is 4.74 Å². The van der Waals surface area contributed by atoms with E-state index in [-0.39, 0.29) is 54.1 Å². The molecule has 0 aromatic heterocycles. The van der Waals surface area contributed by atoms with Crippen LogP contribution in [-0.2, 0) is 14.3 Å². The van der Waals surface area contributed by atoms with Crippen molar-refractivity contribution < 1.29 is 18.7 Å². The summed E-state index contributed by atoms with van der Waals surface area (Å²) in [6.45, 7) is 1.37. The number of guanidine groups is 1. The fourth-order valence-corrected chi connectivity index (χ4v) is 2.72. The minimum absolute atomic E-state index is 0. The van der Waals surface area contributed by atoms with Gasteiger partial charge in [0.25, 0.3) is 0 Å². The van der Waals surface area contributed by atoms with Gasteiger partial charge in [-0.1, -0.05) is 0 Å². The SMILES string of the molecule is CN=C(NCC(=O)Nc1ccc(F)cc1)N1CCC(C(=O)OC)CC1.I. The Kier molecular flexibility index (Phi) is 9.31. The van der Waals surface area contributed by atoms with Crippen LogP contribution in [0.1, 0.15) is 12.8 Å². The maximum Gasteiger partial charge on any atom is 0.308 e. The Morgan fingerprint density at radius 2 is 1.88 bits per heavy atom. The highest BCUT2D eigenvalue weighted by molar-refractivity contribution is 14.0. The van der Waals surface area contributed by atoms with Crippen molar-refractivity contribution in [2.75, 3.05) is 39.1 Å². The second-order valence-corrected chi connectivity index (χ2v) is 5.74. The van der Waals surface area contributed by atoms with E-state index in [2.05, 4.69) is 15.6 Å². The molecule has 144 valence electrons. The van der Waals surface area contributed by atoms with Crippen LogP contribution in [0.15, 0.2) is 29.3 Å². The van der Waals surface area contributed by atoms with E-state index >= 15 is 0 Å². The minimum atomic E-state index is -0.355. The maximum absolute atomic E-state index is 12.9. The molecule has 0 unspecified atom stereocenters. The lowest BCUT2D eigenvalue weighted by molar-refractivity contribution is -0.146. The fraction of sp³-hybridized carbons (Fsp3) is 0.471. The van der Waals surface area contributed by atoms with Crippen LogP contribution in [0.25, 0.3) is 0 Å². The summed E-state index contributed by atoms with van der Waals surface area (Å²) in [6.07, 6.45) is 1.38. The lowest BCUT2D eigenvalue weighted by atomic mass is 9.97. The van der Waals surface area contributed by atoms with Gasteiger partial charge in [0.05, 0.1) is 19.6 Å². The van der Waals surface area contributed by atoms with E-state index in [0.717, 1.165) is 0 Å². The van der Waals surface area contributed by atoms with Crippen molar-refractivity contribution in [2.24, 2.45) is 10.9 Å². The molecule has 1 saturated heterocycles. The van der Waals surface area contributed by atoms with Crippen molar-refractivity contribution in [3.63, 3.8) is 0 Å². The van der Waals surface area contributed by atoms with Crippen molar-refractivity contribution in [1.29, 1.82) is 0 Å². The number of hydrogen-bond donors (Lipinski definition) is 2. The van der Waals surface area contributed by atoms with Crippen molar-refractivity contribution in [1.82, 2.24) is 10.2 Å². The fourth-order valence-electron chi connectivity index (χ4n) is 2.72. The van der Waals surface area contributed by atoms with E-state index in [9.17, 15) is 14.0 Å². The normalized spacial score (nSPS) is 15.0. The van der Waals surface area contributed by atoms with Gasteiger partial charge in [0, 0.05) is 25.8 Å². The van der Waals surface area contributed by atoms with E-state index in [0.29, 0.717) is 37.6 Å². The Morgan fingerprint density at radius 3 is 2.42 bits per heavy atom. The van der Waals surface area contributed by atoms with Crippen LogP contribution in [0.3, 0.4) is 0 Å². The number of likely N-dealkylation sites (tertiary alicyclic amines) is 1. The molecule has 1 aromatic carbocycles. The van der Waals surface area contributed by atoms with E-state index < -0.39 is 0 Å². The zero-order chi connectivity index (χ0) is 18.2. The second-order valence-electron chi connectivity index (χ2n) is 5.74. The molecule has 0 radical (unpaired) electrons. The first-order valence-electron chi connectivity index (χ1n) is 8.12. The molecule has 0 atom stereocenters. The molecule has 1 aliphatic heterocycles. The van der Waals surface area contributed by atoms with Crippen molar-refractivity contribution in [3.05, 3.63) is 30.1 Å². The van der Waals surface area contributed by atoms with Crippen molar-refractivity contribution in [2.45, 2.75) is 12.8 Å². The number of benzene rings is 1. The van der Waals surface area contributed by atoms with Crippen LogP contribution < -0.4 is 10.6 Å². The number of nitrogens with zero attached hydrogens (tertiary/aromatic N) is 2. The number of rotatable bonds is 4. The Hall–Kier alpha value is -1.91. The molecule has 2 rings (SSSR count). The summed E-state index contributed by atoms with van der Waals surface area (Å²) in [5, 5.41) is 5.68. The van der Waals surface area contributed by atoms with Gasteiger partial charge >= 0.3 is 5.97 Å². The predicted octanol–water partition coefficient (Wildman–Crippen LogP) is 1.84. The number of ether oxygens (including phenoxy) is 1. The molecule has 26 heavy (non-hydrogen) atoms. The van der Waals surface area contributed by atoms with E-state index in [1.807, 2.05) is 4.90 Å². The number of amides is 1. The number of carbonyl (C=O) groups is 2. The molecule has 0 spiro atoms. The number of esters is 1. The summed E-state index contributed by atoms with van der Waals surface area (Å²) >= 11 is 0. The van der Waals surface area contributed by atoms with Gasteiger partial charge in [-0.2, -0.15) is 0 Å².